The molecule has 0 amide bonds. The lowest BCUT2D eigenvalue weighted by atomic mass is 10.1. The Morgan fingerprint density at radius 2 is 2.29 bits per heavy atom. The van der Waals surface area contributed by atoms with E-state index in [1.807, 2.05) is 0 Å². The molecule has 0 radical (unpaired) electrons. The Balaban J connectivity index is 1.88. The Hall–Kier alpha value is -0.610. The second kappa shape index (κ2) is 4.94. The smallest absolute Gasteiger partial charge is 0.141 e. The summed E-state index contributed by atoms with van der Waals surface area (Å²) in [6.45, 7) is 4.63. The minimum Gasteiger partial charge on any atom is -0.491 e. The fourth-order valence-electron chi connectivity index (χ4n) is 1.95. The van der Waals surface area contributed by atoms with Crippen molar-refractivity contribution in [1.82, 2.24) is 0 Å². The van der Waals surface area contributed by atoms with Gasteiger partial charge in [0.15, 0.2) is 0 Å². The molecule has 0 aromatic heterocycles. The second-order valence-corrected chi connectivity index (χ2v) is 5.78. The summed E-state index contributed by atoms with van der Waals surface area (Å²) in [6, 6.07) is 4.77. The Morgan fingerprint density at radius 3 is 2.88 bits per heavy atom. The Morgan fingerprint density at radius 1 is 1.53 bits per heavy atom. The molecule has 1 saturated heterocycles. The third kappa shape index (κ3) is 3.42. The normalized spacial score (nSPS) is 22.7. The fourth-order valence-corrected chi connectivity index (χ4v) is 2.20. The number of hydrogen-bond acceptors (Lipinski definition) is 2. The molecule has 1 heterocycles. The molecular formula is C13H16BrFO2. The van der Waals surface area contributed by atoms with Crippen molar-refractivity contribution in [3.63, 3.8) is 0 Å². The van der Waals surface area contributed by atoms with Gasteiger partial charge in [-0.25, -0.2) is 4.39 Å². The average molecular weight is 303 g/mol. The van der Waals surface area contributed by atoms with Crippen molar-refractivity contribution in [3.05, 3.63) is 28.5 Å². The summed E-state index contributed by atoms with van der Waals surface area (Å²) in [4.78, 5) is 0. The van der Waals surface area contributed by atoms with Crippen LogP contribution in [0.15, 0.2) is 22.7 Å². The van der Waals surface area contributed by atoms with Gasteiger partial charge in [0.1, 0.15) is 18.2 Å². The van der Waals surface area contributed by atoms with Crippen molar-refractivity contribution in [1.29, 1.82) is 0 Å². The molecule has 1 unspecified atom stereocenters. The fraction of sp³-hybridized carbons (Fsp3) is 0.538. The quantitative estimate of drug-likeness (QED) is 0.842. The molecule has 1 aromatic carbocycles. The molecule has 17 heavy (non-hydrogen) atoms. The summed E-state index contributed by atoms with van der Waals surface area (Å²) in [5.41, 5.74) is -0.0566. The zero-order valence-corrected chi connectivity index (χ0v) is 11.6. The number of hydrogen-bond donors (Lipinski definition) is 0. The molecule has 0 spiro atoms. The lowest BCUT2D eigenvalue weighted by molar-refractivity contribution is -0.0326. The van der Waals surface area contributed by atoms with Crippen LogP contribution in [0.2, 0.25) is 0 Å². The van der Waals surface area contributed by atoms with E-state index in [1.54, 1.807) is 12.1 Å². The zero-order valence-electron chi connectivity index (χ0n) is 10.0. The summed E-state index contributed by atoms with van der Waals surface area (Å²) in [5, 5.41) is 0. The average Bonchev–Trinajstić information content (AvgIpc) is 2.60. The van der Waals surface area contributed by atoms with E-state index in [0.29, 0.717) is 16.8 Å². The second-order valence-electron chi connectivity index (χ2n) is 4.93. The van der Waals surface area contributed by atoms with Crippen molar-refractivity contribution in [2.45, 2.75) is 38.4 Å². The SMILES string of the molecule is CC1(C)CCC(COc2ccc(Br)c(F)c2)O1. The number of rotatable bonds is 3. The highest BCUT2D eigenvalue weighted by molar-refractivity contribution is 9.10. The van der Waals surface area contributed by atoms with Crippen molar-refractivity contribution in [3.8, 4) is 5.75 Å². The topological polar surface area (TPSA) is 18.5 Å². The molecular weight excluding hydrogens is 287 g/mol. The van der Waals surface area contributed by atoms with Gasteiger partial charge in [0.05, 0.1) is 16.2 Å². The highest BCUT2D eigenvalue weighted by atomic mass is 79.9. The van der Waals surface area contributed by atoms with Crippen LogP contribution in [0.25, 0.3) is 0 Å². The molecule has 1 fully saturated rings. The Bertz CT molecular complexity index is 406. The summed E-state index contributed by atoms with van der Waals surface area (Å²) in [7, 11) is 0. The Kier molecular flexibility index (Phi) is 3.73. The molecule has 1 aliphatic heterocycles. The van der Waals surface area contributed by atoms with Crippen LogP contribution in [0, 0.1) is 5.82 Å². The first kappa shape index (κ1) is 12.8. The van der Waals surface area contributed by atoms with Gasteiger partial charge >= 0.3 is 0 Å². The highest BCUT2D eigenvalue weighted by Crippen LogP contribution is 2.30. The first-order valence-corrected chi connectivity index (χ1v) is 6.51. The van der Waals surface area contributed by atoms with Crippen molar-refractivity contribution in [2.75, 3.05) is 6.61 Å². The van der Waals surface area contributed by atoms with Crippen molar-refractivity contribution < 1.29 is 13.9 Å². The van der Waals surface area contributed by atoms with E-state index in [0.717, 1.165) is 12.8 Å². The van der Waals surface area contributed by atoms with Gasteiger partial charge in [-0.2, -0.15) is 0 Å². The highest BCUT2D eigenvalue weighted by Gasteiger charge is 2.31. The molecule has 0 aliphatic carbocycles. The number of benzene rings is 1. The van der Waals surface area contributed by atoms with E-state index >= 15 is 0 Å². The maximum Gasteiger partial charge on any atom is 0.141 e. The third-order valence-corrected chi connectivity index (χ3v) is 3.52. The standard InChI is InChI=1S/C13H16BrFO2/c1-13(2)6-5-10(17-13)8-16-9-3-4-11(14)12(15)7-9/h3-4,7,10H,5-6,8H2,1-2H3. The van der Waals surface area contributed by atoms with Crippen LogP contribution in [0.3, 0.4) is 0 Å². The van der Waals surface area contributed by atoms with E-state index in [1.165, 1.54) is 6.07 Å². The van der Waals surface area contributed by atoms with Gasteiger partial charge in [0.25, 0.3) is 0 Å². The summed E-state index contributed by atoms with van der Waals surface area (Å²) in [6.07, 6.45) is 2.14. The first-order chi connectivity index (χ1) is 7.96. The van der Waals surface area contributed by atoms with E-state index < -0.39 is 0 Å². The maximum absolute atomic E-state index is 13.2. The van der Waals surface area contributed by atoms with Crippen molar-refractivity contribution >= 4 is 15.9 Å². The molecule has 0 saturated carbocycles. The molecule has 2 nitrogen and oxygen atoms in total. The molecule has 1 aromatic rings. The van der Waals surface area contributed by atoms with Gasteiger partial charge < -0.3 is 9.47 Å². The van der Waals surface area contributed by atoms with Crippen LogP contribution in [0.5, 0.6) is 5.75 Å². The monoisotopic (exact) mass is 302 g/mol. The van der Waals surface area contributed by atoms with Gasteiger partial charge in [-0.15, -0.1) is 0 Å². The van der Waals surface area contributed by atoms with Crippen LogP contribution < -0.4 is 4.74 Å². The van der Waals surface area contributed by atoms with E-state index in [9.17, 15) is 4.39 Å². The van der Waals surface area contributed by atoms with E-state index in [-0.39, 0.29) is 17.5 Å². The van der Waals surface area contributed by atoms with Gasteiger partial charge in [-0.05, 0) is 54.8 Å². The van der Waals surface area contributed by atoms with Crippen LogP contribution in [0.1, 0.15) is 26.7 Å². The summed E-state index contributed by atoms with van der Waals surface area (Å²) < 4.78 is 25.0. The van der Waals surface area contributed by atoms with E-state index in [2.05, 4.69) is 29.8 Å². The van der Waals surface area contributed by atoms with E-state index in [4.69, 9.17) is 9.47 Å². The van der Waals surface area contributed by atoms with Gasteiger partial charge in [0.2, 0.25) is 0 Å². The van der Waals surface area contributed by atoms with Gasteiger partial charge in [-0.3, -0.25) is 0 Å². The van der Waals surface area contributed by atoms with Crippen molar-refractivity contribution in [2.24, 2.45) is 0 Å². The van der Waals surface area contributed by atoms with Gasteiger partial charge in [0, 0.05) is 6.07 Å². The molecule has 2 rings (SSSR count). The lowest BCUT2D eigenvalue weighted by Crippen LogP contribution is -2.23. The minimum atomic E-state index is -0.310. The zero-order chi connectivity index (χ0) is 12.5. The largest absolute Gasteiger partial charge is 0.491 e. The predicted molar refractivity (Wildman–Crippen MR) is 67.8 cm³/mol. The molecule has 1 atom stereocenters. The summed E-state index contributed by atoms with van der Waals surface area (Å²) in [5.74, 6) is 0.231. The molecule has 4 heteroatoms. The van der Waals surface area contributed by atoms with Crippen LogP contribution >= 0.6 is 15.9 Å². The maximum atomic E-state index is 13.2. The van der Waals surface area contributed by atoms with Crippen LogP contribution in [-0.2, 0) is 4.74 Å². The molecule has 0 bridgehead atoms. The number of halogens is 2. The predicted octanol–water partition coefficient (Wildman–Crippen LogP) is 3.92. The van der Waals surface area contributed by atoms with Crippen LogP contribution in [0.4, 0.5) is 4.39 Å². The first-order valence-electron chi connectivity index (χ1n) is 5.72. The Labute approximate surface area is 109 Å². The number of ether oxygens (including phenoxy) is 2. The minimum absolute atomic E-state index is 0.0566. The lowest BCUT2D eigenvalue weighted by Gasteiger charge is -2.19. The molecule has 94 valence electrons. The molecule has 1 aliphatic rings. The summed E-state index contributed by atoms with van der Waals surface area (Å²) >= 11 is 3.11. The van der Waals surface area contributed by atoms with Crippen LogP contribution in [-0.4, -0.2) is 18.3 Å². The third-order valence-electron chi connectivity index (χ3n) is 2.88. The van der Waals surface area contributed by atoms with Gasteiger partial charge in [-0.1, -0.05) is 0 Å². The molecule has 0 N–H and O–H groups in total.